The number of Topliss-reactive ketones (excluding diaryl/α,β-unsaturated/α-hetero) is 2. The summed E-state index contributed by atoms with van der Waals surface area (Å²) in [5.74, 6) is 0.0373. The van der Waals surface area contributed by atoms with Crippen molar-refractivity contribution in [3.63, 3.8) is 0 Å². The van der Waals surface area contributed by atoms with Crippen LogP contribution in [0.3, 0.4) is 0 Å². The Morgan fingerprint density at radius 1 is 1.15 bits per heavy atom. The van der Waals surface area contributed by atoms with Crippen LogP contribution in [0.1, 0.15) is 33.1 Å². The van der Waals surface area contributed by atoms with Crippen molar-refractivity contribution in [1.29, 1.82) is 0 Å². The van der Waals surface area contributed by atoms with E-state index in [-0.39, 0.29) is 18.0 Å². The van der Waals surface area contributed by atoms with Gasteiger partial charge in [-0.1, -0.05) is 26.0 Å². The summed E-state index contributed by atoms with van der Waals surface area (Å²) in [4.78, 5) is 22.2. The third-order valence-corrected chi connectivity index (χ3v) is 2.13. The van der Waals surface area contributed by atoms with Crippen LogP contribution in [0.5, 0.6) is 0 Å². The van der Waals surface area contributed by atoms with E-state index in [0.717, 1.165) is 18.4 Å². The van der Waals surface area contributed by atoms with Crippen LogP contribution in [0.15, 0.2) is 23.3 Å². The van der Waals surface area contributed by atoms with E-state index in [1.807, 2.05) is 19.9 Å². The largest absolute Gasteiger partial charge is 0.294 e. The highest BCUT2D eigenvalue weighted by molar-refractivity contribution is 6.23. The van der Waals surface area contributed by atoms with Crippen LogP contribution in [0, 0.1) is 0 Å². The minimum absolute atomic E-state index is 0.000880. The fraction of sp³-hybridized carbons (Fsp3) is 0.455. The summed E-state index contributed by atoms with van der Waals surface area (Å²) in [5, 5.41) is 0. The minimum atomic E-state index is 0.000880. The Bertz CT molecular complexity index is 295. The van der Waals surface area contributed by atoms with Crippen molar-refractivity contribution in [3.05, 3.63) is 23.3 Å². The van der Waals surface area contributed by atoms with Crippen molar-refractivity contribution in [1.82, 2.24) is 0 Å². The lowest BCUT2D eigenvalue weighted by Gasteiger charge is -2.03. The zero-order chi connectivity index (χ0) is 9.84. The number of carbonyl (C=O) groups is 2. The number of carbonyl (C=O) groups excluding carboxylic acids is 2. The van der Waals surface area contributed by atoms with Gasteiger partial charge in [0, 0.05) is 11.1 Å². The van der Waals surface area contributed by atoms with Crippen LogP contribution >= 0.6 is 0 Å². The van der Waals surface area contributed by atoms with Gasteiger partial charge in [-0.05, 0) is 12.8 Å². The van der Waals surface area contributed by atoms with Crippen molar-refractivity contribution in [2.45, 2.75) is 33.1 Å². The summed E-state index contributed by atoms with van der Waals surface area (Å²) in [7, 11) is 0. The second-order valence-corrected chi connectivity index (χ2v) is 2.86. The molecule has 0 unspecified atom stereocenters. The molecule has 0 N–H and O–H groups in total. The number of ketones is 2. The van der Waals surface area contributed by atoms with E-state index in [1.165, 1.54) is 0 Å². The van der Waals surface area contributed by atoms with Gasteiger partial charge < -0.3 is 0 Å². The van der Waals surface area contributed by atoms with Gasteiger partial charge in [-0.25, -0.2) is 0 Å². The molecule has 13 heavy (non-hydrogen) atoms. The molecule has 2 heteroatoms. The fourth-order valence-corrected chi connectivity index (χ4v) is 1.56. The molecule has 0 aliphatic heterocycles. The zero-order valence-electron chi connectivity index (χ0n) is 8.09. The molecule has 2 rings (SSSR count). The lowest BCUT2D eigenvalue weighted by molar-refractivity contribution is -0.120. The smallest absolute Gasteiger partial charge is 0.170 e. The average molecular weight is 178 g/mol. The topological polar surface area (TPSA) is 34.1 Å². The average Bonchev–Trinajstić information content (AvgIpc) is 2.47. The van der Waals surface area contributed by atoms with E-state index < -0.39 is 0 Å². The van der Waals surface area contributed by atoms with Crippen molar-refractivity contribution in [3.8, 4) is 0 Å². The summed E-state index contributed by atoms with van der Waals surface area (Å²) >= 11 is 0. The molecule has 0 fully saturated rings. The SMILES string of the molecule is CC.O=C1CC(=O)C2=C1C=CCC2. The summed E-state index contributed by atoms with van der Waals surface area (Å²) in [5.41, 5.74) is 1.43. The zero-order valence-corrected chi connectivity index (χ0v) is 8.09. The molecule has 2 nitrogen and oxygen atoms in total. The first kappa shape index (κ1) is 9.90. The van der Waals surface area contributed by atoms with E-state index in [4.69, 9.17) is 0 Å². The second-order valence-electron chi connectivity index (χ2n) is 2.86. The van der Waals surface area contributed by atoms with Gasteiger partial charge in [-0.2, -0.15) is 0 Å². The number of hydrogen-bond acceptors (Lipinski definition) is 2. The minimum Gasteiger partial charge on any atom is -0.294 e. The maximum atomic E-state index is 11.1. The van der Waals surface area contributed by atoms with Crippen molar-refractivity contribution in [2.75, 3.05) is 0 Å². The molecule has 0 atom stereocenters. The van der Waals surface area contributed by atoms with Gasteiger partial charge in [-0.3, -0.25) is 9.59 Å². The lowest BCUT2D eigenvalue weighted by atomic mass is 10.00. The molecule has 70 valence electrons. The number of rotatable bonds is 0. The van der Waals surface area contributed by atoms with Crippen LogP contribution in [-0.4, -0.2) is 11.6 Å². The Labute approximate surface area is 78.3 Å². The molecule has 0 aromatic carbocycles. The highest BCUT2D eigenvalue weighted by Crippen LogP contribution is 2.27. The van der Waals surface area contributed by atoms with Crippen LogP contribution in [0.4, 0.5) is 0 Å². The van der Waals surface area contributed by atoms with E-state index in [2.05, 4.69) is 0 Å². The van der Waals surface area contributed by atoms with E-state index >= 15 is 0 Å². The first-order chi connectivity index (χ1) is 6.29. The third-order valence-electron chi connectivity index (χ3n) is 2.13. The molecular weight excluding hydrogens is 164 g/mol. The van der Waals surface area contributed by atoms with Crippen molar-refractivity contribution >= 4 is 11.6 Å². The highest BCUT2D eigenvalue weighted by atomic mass is 16.2. The van der Waals surface area contributed by atoms with Crippen molar-refractivity contribution < 1.29 is 9.59 Å². The lowest BCUT2D eigenvalue weighted by Crippen LogP contribution is -1.97. The van der Waals surface area contributed by atoms with Gasteiger partial charge in [0.05, 0.1) is 6.42 Å². The maximum Gasteiger partial charge on any atom is 0.170 e. The van der Waals surface area contributed by atoms with Crippen LogP contribution in [0.2, 0.25) is 0 Å². The molecule has 0 aromatic rings. The number of hydrogen-bond donors (Lipinski definition) is 0. The molecule has 2 aliphatic carbocycles. The Kier molecular flexibility index (Phi) is 3.18. The molecule has 0 saturated heterocycles. The molecule has 0 bridgehead atoms. The monoisotopic (exact) mass is 178 g/mol. The van der Waals surface area contributed by atoms with Gasteiger partial charge in [0.25, 0.3) is 0 Å². The Morgan fingerprint density at radius 3 is 2.46 bits per heavy atom. The summed E-state index contributed by atoms with van der Waals surface area (Å²) in [6, 6.07) is 0. The molecule has 0 radical (unpaired) electrons. The molecular formula is C11H14O2. The fourth-order valence-electron chi connectivity index (χ4n) is 1.56. The molecule has 2 aliphatic rings. The van der Waals surface area contributed by atoms with Crippen molar-refractivity contribution in [2.24, 2.45) is 0 Å². The summed E-state index contributed by atoms with van der Waals surface area (Å²) in [6.45, 7) is 4.00. The van der Waals surface area contributed by atoms with Crippen LogP contribution in [0.25, 0.3) is 0 Å². The normalized spacial score (nSPS) is 19.8. The van der Waals surface area contributed by atoms with E-state index in [1.54, 1.807) is 6.08 Å². The van der Waals surface area contributed by atoms with Crippen LogP contribution in [-0.2, 0) is 9.59 Å². The highest BCUT2D eigenvalue weighted by Gasteiger charge is 2.29. The Hall–Kier alpha value is -1.18. The van der Waals surface area contributed by atoms with Gasteiger partial charge in [0.1, 0.15) is 0 Å². The van der Waals surface area contributed by atoms with Crippen LogP contribution < -0.4 is 0 Å². The van der Waals surface area contributed by atoms with Gasteiger partial charge in [0.15, 0.2) is 11.6 Å². The first-order valence-electron chi connectivity index (χ1n) is 4.75. The predicted molar refractivity (Wildman–Crippen MR) is 51.4 cm³/mol. The van der Waals surface area contributed by atoms with Gasteiger partial charge in [-0.15, -0.1) is 0 Å². The maximum absolute atomic E-state index is 11.1. The molecule has 0 spiro atoms. The molecule has 0 saturated carbocycles. The van der Waals surface area contributed by atoms with Gasteiger partial charge in [0.2, 0.25) is 0 Å². The first-order valence-corrected chi connectivity index (χ1v) is 4.75. The van der Waals surface area contributed by atoms with E-state index in [0.29, 0.717) is 5.57 Å². The predicted octanol–water partition coefficient (Wildman–Crippen LogP) is 2.20. The summed E-state index contributed by atoms with van der Waals surface area (Å²) in [6.07, 6.45) is 5.50. The Balaban J connectivity index is 0.000000396. The standard InChI is InChI=1S/C9H8O2.C2H6/c10-8-5-9(11)7-4-2-1-3-6(7)8;1-2/h1,3H,2,4-5H2;1-2H3. The third kappa shape index (κ3) is 1.77. The Morgan fingerprint density at radius 2 is 1.85 bits per heavy atom. The number of allylic oxidation sites excluding steroid dienone is 4. The second kappa shape index (κ2) is 4.17. The van der Waals surface area contributed by atoms with E-state index in [9.17, 15) is 9.59 Å². The summed E-state index contributed by atoms with van der Waals surface area (Å²) < 4.78 is 0. The molecule has 0 heterocycles. The molecule has 0 aromatic heterocycles. The molecule has 0 amide bonds. The van der Waals surface area contributed by atoms with Gasteiger partial charge >= 0.3 is 0 Å². The quantitative estimate of drug-likeness (QED) is 0.533.